The molecule has 0 aromatic rings. The quantitative estimate of drug-likeness (QED) is 0.700. The Morgan fingerprint density at radius 2 is 2.13 bits per heavy atom. The predicted octanol–water partition coefficient (Wildman–Crippen LogP) is 1.46. The molecule has 1 saturated heterocycles. The Morgan fingerprint density at radius 1 is 1.53 bits per heavy atom. The Balaban J connectivity index is 2.49. The third-order valence-electron chi connectivity index (χ3n) is 2.43. The average Bonchev–Trinajstić information content (AvgIpc) is 2.05. The van der Waals surface area contributed by atoms with E-state index >= 15 is 0 Å². The van der Waals surface area contributed by atoms with Crippen LogP contribution in [0.25, 0.3) is 0 Å². The number of hydrogen-bond acceptors (Lipinski definition) is 2. The maximum absolute atomic E-state index is 13.6. The fraction of sp³-hybridized carbons (Fsp3) is 0.900. The molecule has 0 aromatic heterocycles. The normalized spacial score (nSPS) is 27.9. The van der Waals surface area contributed by atoms with Crippen LogP contribution < -0.4 is 5.32 Å². The monoisotopic (exact) mass is 218 g/mol. The summed E-state index contributed by atoms with van der Waals surface area (Å²) in [7, 11) is 0. The highest BCUT2D eigenvalue weighted by Gasteiger charge is 2.33. The summed E-state index contributed by atoms with van der Waals surface area (Å²) in [4.78, 5) is 11.8. The number of likely N-dealkylation sites (tertiary alicyclic amines) is 1. The van der Waals surface area contributed by atoms with Crippen LogP contribution in [0, 0.1) is 0 Å². The molecule has 1 aliphatic rings. The first-order chi connectivity index (χ1) is 6.79. The van der Waals surface area contributed by atoms with Crippen LogP contribution in [0.15, 0.2) is 0 Å². The molecule has 0 bridgehead atoms. The molecule has 0 spiro atoms. The molecule has 0 aromatic carbocycles. The molecule has 0 unspecified atom stereocenters. The number of hydrogen-bond donors (Lipinski definition) is 2. The van der Waals surface area contributed by atoms with Crippen LogP contribution in [0.2, 0.25) is 0 Å². The molecule has 1 amide bonds. The van der Waals surface area contributed by atoms with E-state index in [2.05, 4.69) is 5.32 Å². The number of alkyl halides is 1. The molecule has 0 aliphatic carbocycles. The number of amides is 1. The van der Waals surface area contributed by atoms with Crippen LogP contribution in [0.4, 0.5) is 9.18 Å². The molecule has 4 nitrogen and oxygen atoms in total. The van der Waals surface area contributed by atoms with Crippen molar-refractivity contribution in [3.63, 3.8) is 0 Å². The molecule has 1 fully saturated rings. The lowest BCUT2D eigenvalue weighted by Crippen LogP contribution is -2.56. The Bertz CT molecular complexity index is 240. The summed E-state index contributed by atoms with van der Waals surface area (Å²) in [6.45, 7) is 6.31. The zero-order valence-corrected chi connectivity index (χ0v) is 9.46. The highest BCUT2D eigenvalue weighted by Crippen LogP contribution is 2.17. The van der Waals surface area contributed by atoms with Crippen molar-refractivity contribution < 1.29 is 14.3 Å². The summed E-state index contributed by atoms with van der Waals surface area (Å²) >= 11 is 0. The second-order valence-corrected chi connectivity index (χ2v) is 5.03. The van der Waals surface area contributed by atoms with Gasteiger partial charge in [0.15, 0.2) is 0 Å². The van der Waals surface area contributed by atoms with E-state index in [9.17, 15) is 9.18 Å². The summed E-state index contributed by atoms with van der Waals surface area (Å²) in [6, 6.07) is -0.236. The van der Waals surface area contributed by atoms with E-state index in [1.165, 1.54) is 0 Å². The topological polar surface area (TPSA) is 52.6 Å². The lowest BCUT2D eigenvalue weighted by molar-refractivity contribution is 0.0811. The van der Waals surface area contributed by atoms with Crippen molar-refractivity contribution >= 4 is 6.09 Å². The molecule has 2 N–H and O–H groups in total. The van der Waals surface area contributed by atoms with Crippen LogP contribution in [0.5, 0.6) is 0 Å². The maximum Gasteiger partial charge on any atom is 0.407 e. The predicted molar refractivity (Wildman–Crippen MR) is 55.8 cm³/mol. The number of piperidine rings is 1. The van der Waals surface area contributed by atoms with Crippen LogP contribution in [0.3, 0.4) is 0 Å². The number of nitrogens with one attached hydrogen (secondary N) is 1. The van der Waals surface area contributed by atoms with Gasteiger partial charge in [0.25, 0.3) is 0 Å². The molecule has 5 heteroatoms. The van der Waals surface area contributed by atoms with Gasteiger partial charge in [-0.25, -0.2) is 9.18 Å². The Hall–Kier alpha value is -0.840. The molecule has 1 heterocycles. The van der Waals surface area contributed by atoms with Crippen LogP contribution in [-0.4, -0.2) is 46.9 Å². The average molecular weight is 218 g/mol. The largest absolute Gasteiger partial charge is 0.465 e. The van der Waals surface area contributed by atoms with E-state index in [1.807, 2.05) is 20.8 Å². The second-order valence-electron chi connectivity index (χ2n) is 5.03. The van der Waals surface area contributed by atoms with Crippen LogP contribution >= 0.6 is 0 Å². The van der Waals surface area contributed by atoms with Crippen molar-refractivity contribution in [3.05, 3.63) is 0 Å². The van der Waals surface area contributed by atoms with E-state index in [-0.39, 0.29) is 18.1 Å². The number of rotatable bonds is 1. The third-order valence-corrected chi connectivity index (χ3v) is 2.43. The second kappa shape index (κ2) is 4.35. The standard InChI is InChI=1S/C10H19FN2O2/c1-10(2,3)12-8-4-5-13(9(14)15)6-7(8)11/h7-8,12H,4-6H2,1-3H3,(H,14,15)/t7-,8-/m0/s1. The molecule has 2 atom stereocenters. The van der Waals surface area contributed by atoms with Crippen molar-refractivity contribution in [3.8, 4) is 0 Å². The van der Waals surface area contributed by atoms with E-state index < -0.39 is 12.3 Å². The van der Waals surface area contributed by atoms with Gasteiger partial charge < -0.3 is 15.3 Å². The fourth-order valence-corrected chi connectivity index (χ4v) is 1.80. The maximum atomic E-state index is 13.6. The smallest absolute Gasteiger partial charge is 0.407 e. The number of halogens is 1. The van der Waals surface area contributed by atoms with Crippen molar-refractivity contribution in [2.75, 3.05) is 13.1 Å². The van der Waals surface area contributed by atoms with E-state index in [0.717, 1.165) is 4.90 Å². The fourth-order valence-electron chi connectivity index (χ4n) is 1.80. The van der Waals surface area contributed by atoms with Gasteiger partial charge in [-0.15, -0.1) is 0 Å². The molecule has 15 heavy (non-hydrogen) atoms. The minimum absolute atomic E-state index is 0.0247. The zero-order chi connectivity index (χ0) is 11.6. The third kappa shape index (κ3) is 3.66. The minimum Gasteiger partial charge on any atom is -0.465 e. The number of carboxylic acid groups (broad SMARTS) is 1. The molecule has 88 valence electrons. The van der Waals surface area contributed by atoms with E-state index in [1.54, 1.807) is 0 Å². The highest BCUT2D eigenvalue weighted by molar-refractivity contribution is 5.65. The van der Waals surface area contributed by atoms with Gasteiger partial charge in [-0.3, -0.25) is 0 Å². The van der Waals surface area contributed by atoms with Gasteiger partial charge in [-0.1, -0.05) is 0 Å². The summed E-state index contributed by atoms with van der Waals surface area (Å²) in [5.41, 5.74) is -0.138. The molecule has 1 aliphatic heterocycles. The van der Waals surface area contributed by atoms with E-state index in [0.29, 0.717) is 13.0 Å². The molecule has 0 saturated carbocycles. The zero-order valence-electron chi connectivity index (χ0n) is 9.46. The van der Waals surface area contributed by atoms with Gasteiger partial charge >= 0.3 is 6.09 Å². The first-order valence-electron chi connectivity index (χ1n) is 5.19. The highest BCUT2D eigenvalue weighted by atomic mass is 19.1. The number of carbonyl (C=O) groups is 1. The lowest BCUT2D eigenvalue weighted by Gasteiger charge is -2.37. The van der Waals surface area contributed by atoms with Crippen LogP contribution in [-0.2, 0) is 0 Å². The van der Waals surface area contributed by atoms with Gasteiger partial charge in [0.05, 0.1) is 6.54 Å². The Kier molecular flexibility index (Phi) is 3.54. The molecular formula is C10H19FN2O2. The Morgan fingerprint density at radius 3 is 2.53 bits per heavy atom. The molecular weight excluding hydrogens is 199 g/mol. The SMILES string of the molecule is CC(C)(C)N[C@H]1CCN(C(=O)O)C[C@@H]1F. The van der Waals surface area contributed by atoms with Gasteiger partial charge in [0, 0.05) is 18.1 Å². The van der Waals surface area contributed by atoms with Crippen molar-refractivity contribution in [1.29, 1.82) is 0 Å². The first-order valence-corrected chi connectivity index (χ1v) is 5.19. The van der Waals surface area contributed by atoms with E-state index in [4.69, 9.17) is 5.11 Å². The van der Waals surface area contributed by atoms with Crippen molar-refractivity contribution in [1.82, 2.24) is 10.2 Å². The summed E-state index contributed by atoms with van der Waals surface area (Å²) in [5.74, 6) is 0. The minimum atomic E-state index is -1.12. The van der Waals surface area contributed by atoms with Crippen molar-refractivity contribution in [2.45, 2.75) is 44.9 Å². The Labute approximate surface area is 89.4 Å². The lowest BCUT2D eigenvalue weighted by atomic mass is 9.99. The molecule has 1 rings (SSSR count). The molecule has 0 radical (unpaired) electrons. The van der Waals surface area contributed by atoms with Crippen molar-refractivity contribution in [2.24, 2.45) is 0 Å². The summed E-state index contributed by atoms with van der Waals surface area (Å²) < 4.78 is 13.6. The first kappa shape index (κ1) is 12.2. The summed E-state index contributed by atoms with van der Waals surface area (Å²) in [5, 5.41) is 11.9. The van der Waals surface area contributed by atoms with Gasteiger partial charge in [0.2, 0.25) is 0 Å². The van der Waals surface area contributed by atoms with Gasteiger partial charge in [0.1, 0.15) is 6.17 Å². The van der Waals surface area contributed by atoms with Crippen LogP contribution in [0.1, 0.15) is 27.2 Å². The number of nitrogens with zero attached hydrogens (tertiary/aromatic N) is 1. The van der Waals surface area contributed by atoms with Gasteiger partial charge in [-0.2, -0.15) is 0 Å². The summed E-state index contributed by atoms with van der Waals surface area (Å²) in [6.07, 6.45) is -1.62. The van der Waals surface area contributed by atoms with Gasteiger partial charge in [-0.05, 0) is 27.2 Å².